The minimum Gasteiger partial charge on any atom is -0.328 e. The molecule has 0 atom stereocenters. The number of carbonyl (C=O) groups excluding carboxylic acids is 1. The summed E-state index contributed by atoms with van der Waals surface area (Å²) in [6, 6.07) is 13.8. The van der Waals surface area contributed by atoms with Crippen LogP contribution in [0, 0.1) is 12.7 Å². The van der Waals surface area contributed by atoms with E-state index in [9.17, 15) is 9.18 Å². The highest BCUT2D eigenvalue weighted by molar-refractivity contribution is 6.35. The van der Waals surface area contributed by atoms with Crippen molar-refractivity contribution in [2.45, 2.75) is 45.7 Å². The molecule has 7 heteroatoms. The molecule has 0 bridgehead atoms. The number of aromatic nitrogens is 1. The van der Waals surface area contributed by atoms with E-state index in [1.807, 2.05) is 21.9 Å². The van der Waals surface area contributed by atoms with E-state index in [1.165, 1.54) is 17.7 Å². The third-order valence-corrected chi connectivity index (χ3v) is 7.96. The largest absolute Gasteiger partial charge is 0.328 e. The Morgan fingerprint density at radius 3 is 2.37 bits per heavy atom. The van der Waals surface area contributed by atoms with Gasteiger partial charge in [0.15, 0.2) is 0 Å². The molecule has 186 valence electrons. The van der Waals surface area contributed by atoms with Crippen LogP contribution in [-0.2, 0) is 0 Å². The molecule has 35 heavy (non-hydrogen) atoms. The van der Waals surface area contributed by atoms with Crippen molar-refractivity contribution in [2.24, 2.45) is 0 Å². The number of piperidine rings is 1. The van der Waals surface area contributed by atoms with E-state index >= 15 is 0 Å². The lowest BCUT2D eigenvalue weighted by Gasteiger charge is -2.34. The number of likely N-dealkylation sites (tertiary alicyclic amines) is 1. The fourth-order valence-corrected chi connectivity index (χ4v) is 6.04. The van der Waals surface area contributed by atoms with Crippen molar-refractivity contribution in [3.05, 3.63) is 59.0 Å². The summed E-state index contributed by atoms with van der Waals surface area (Å²) in [6.45, 7) is 11.5. The second kappa shape index (κ2) is 9.82. The third kappa shape index (κ3) is 4.66. The number of hydrogen-bond donors (Lipinski definition) is 0. The summed E-state index contributed by atoms with van der Waals surface area (Å²) < 4.78 is 15.9. The van der Waals surface area contributed by atoms with Gasteiger partial charge in [0, 0.05) is 62.3 Å². The fourth-order valence-electron chi connectivity index (χ4n) is 5.60. The zero-order chi connectivity index (χ0) is 24.7. The highest BCUT2D eigenvalue weighted by Gasteiger charge is 2.31. The van der Waals surface area contributed by atoms with Crippen LogP contribution in [0.2, 0.25) is 5.15 Å². The number of halogens is 2. The maximum absolute atomic E-state index is 13.6. The van der Waals surface area contributed by atoms with Crippen molar-refractivity contribution >= 4 is 28.5 Å². The number of carbonyl (C=O) groups is 1. The van der Waals surface area contributed by atoms with Gasteiger partial charge in [0.2, 0.25) is 0 Å². The number of rotatable bonds is 6. The summed E-state index contributed by atoms with van der Waals surface area (Å²) in [5.74, 6) is -0.246. The van der Waals surface area contributed by atoms with Gasteiger partial charge in [-0.25, -0.2) is 9.18 Å². The number of aryl methyl sites for hydroxylation is 1. The van der Waals surface area contributed by atoms with Crippen LogP contribution in [0.4, 0.5) is 9.18 Å². The van der Waals surface area contributed by atoms with Gasteiger partial charge in [0.25, 0.3) is 0 Å². The molecule has 0 unspecified atom stereocenters. The normalized spacial score (nSPS) is 17.9. The maximum atomic E-state index is 13.6. The van der Waals surface area contributed by atoms with Gasteiger partial charge >= 0.3 is 6.03 Å². The highest BCUT2D eigenvalue weighted by Crippen LogP contribution is 2.42. The smallest absolute Gasteiger partial charge is 0.320 e. The van der Waals surface area contributed by atoms with Crippen LogP contribution < -0.4 is 0 Å². The van der Waals surface area contributed by atoms with Gasteiger partial charge in [-0.1, -0.05) is 35.4 Å². The monoisotopic (exact) mass is 496 g/mol. The molecule has 2 aliphatic heterocycles. The molecule has 2 aromatic carbocycles. The van der Waals surface area contributed by atoms with Gasteiger partial charge < -0.3 is 19.3 Å². The average molecular weight is 497 g/mol. The molecule has 5 rings (SSSR count). The summed E-state index contributed by atoms with van der Waals surface area (Å²) >= 11 is 7.06. The minimum absolute atomic E-state index is 0.170. The Morgan fingerprint density at radius 1 is 1.00 bits per heavy atom. The van der Waals surface area contributed by atoms with E-state index < -0.39 is 0 Å². The molecule has 0 spiro atoms. The Morgan fingerprint density at radius 2 is 1.71 bits per heavy atom. The molecule has 5 nitrogen and oxygen atoms in total. The van der Waals surface area contributed by atoms with E-state index in [-0.39, 0.29) is 17.9 Å². The molecule has 1 aromatic heterocycles. The molecule has 0 saturated carbocycles. The number of benzene rings is 2. The van der Waals surface area contributed by atoms with Gasteiger partial charge in [-0.2, -0.15) is 0 Å². The van der Waals surface area contributed by atoms with Crippen molar-refractivity contribution in [1.82, 2.24) is 19.3 Å². The van der Waals surface area contributed by atoms with Crippen LogP contribution in [0.25, 0.3) is 22.0 Å². The molecule has 3 aromatic rings. The lowest BCUT2D eigenvalue weighted by atomic mass is 10.0. The zero-order valence-electron chi connectivity index (χ0n) is 20.8. The number of hydrogen-bond acceptors (Lipinski definition) is 2. The first kappa shape index (κ1) is 24.1. The molecule has 2 saturated heterocycles. The van der Waals surface area contributed by atoms with Crippen LogP contribution in [-0.4, -0.2) is 70.6 Å². The van der Waals surface area contributed by atoms with E-state index in [0.717, 1.165) is 79.3 Å². The van der Waals surface area contributed by atoms with Crippen molar-refractivity contribution in [3.63, 3.8) is 0 Å². The van der Waals surface area contributed by atoms with Crippen molar-refractivity contribution in [1.29, 1.82) is 0 Å². The van der Waals surface area contributed by atoms with E-state index in [2.05, 4.69) is 48.4 Å². The Balaban J connectivity index is 1.31. The Bertz CT molecular complexity index is 1210. The minimum atomic E-state index is -0.246. The first-order valence-corrected chi connectivity index (χ1v) is 13.0. The van der Waals surface area contributed by atoms with Crippen molar-refractivity contribution in [3.8, 4) is 11.1 Å². The SMILES string of the molecule is Cc1ccc2c(c1)c(-c1ccc(F)cc1)c(Cl)n2C1CCN(CCN2CCN(C(C)C)C2=O)CC1. The topological polar surface area (TPSA) is 31.7 Å². The van der Waals surface area contributed by atoms with Crippen LogP contribution in [0.5, 0.6) is 0 Å². The predicted octanol–water partition coefficient (Wildman–Crippen LogP) is 6.19. The van der Waals surface area contributed by atoms with Crippen molar-refractivity contribution < 1.29 is 9.18 Å². The van der Waals surface area contributed by atoms with Crippen LogP contribution in [0.1, 0.15) is 38.3 Å². The first-order valence-electron chi connectivity index (χ1n) is 12.7. The van der Waals surface area contributed by atoms with Gasteiger partial charge in [0.1, 0.15) is 11.0 Å². The number of nitrogens with zero attached hydrogens (tertiary/aromatic N) is 4. The molecule has 2 amide bonds. The summed E-state index contributed by atoms with van der Waals surface area (Å²) in [7, 11) is 0. The lowest BCUT2D eigenvalue weighted by molar-refractivity contribution is 0.158. The molecule has 2 fully saturated rings. The molecule has 0 N–H and O–H groups in total. The van der Waals surface area contributed by atoms with Gasteiger partial charge in [0.05, 0.1) is 5.52 Å². The van der Waals surface area contributed by atoms with Crippen LogP contribution in [0.15, 0.2) is 42.5 Å². The zero-order valence-corrected chi connectivity index (χ0v) is 21.6. The van der Waals surface area contributed by atoms with E-state index in [4.69, 9.17) is 11.6 Å². The molecule has 3 heterocycles. The van der Waals surface area contributed by atoms with E-state index in [1.54, 1.807) is 0 Å². The fraction of sp³-hybridized carbons (Fsp3) is 0.464. The first-order chi connectivity index (χ1) is 16.8. The third-order valence-electron chi connectivity index (χ3n) is 7.59. The molecule has 0 aliphatic carbocycles. The summed E-state index contributed by atoms with van der Waals surface area (Å²) in [5.41, 5.74) is 4.23. The second-order valence-corrected chi connectivity index (χ2v) is 10.6. The number of fused-ring (bicyclic) bond motifs is 1. The van der Waals surface area contributed by atoms with Gasteiger partial charge in [-0.05, 0) is 63.4 Å². The molecular weight excluding hydrogens is 463 g/mol. The van der Waals surface area contributed by atoms with Gasteiger partial charge in [-0.3, -0.25) is 0 Å². The second-order valence-electron chi connectivity index (χ2n) is 10.2. The summed E-state index contributed by atoms with van der Waals surface area (Å²) in [5, 5.41) is 1.85. The summed E-state index contributed by atoms with van der Waals surface area (Å²) in [6.07, 6.45) is 2.01. The molecular formula is C28H34ClFN4O. The Kier molecular flexibility index (Phi) is 6.78. The Hall–Kier alpha value is -2.57. The quantitative estimate of drug-likeness (QED) is 0.407. The number of urea groups is 1. The predicted molar refractivity (Wildman–Crippen MR) is 141 cm³/mol. The maximum Gasteiger partial charge on any atom is 0.320 e. The van der Waals surface area contributed by atoms with Crippen molar-refractivity contribution in [2.75, 3.05) is 39.3 Å². The van der Waals surface area contributed by atoms with Crippen LogP contribution >= 0.6 is 11.6 Å². The van der Waals surface area contributed by atoms with E-state index in [0.29, 0.717) is 6.04 Å². The molecule has 2 aliphatic rings. The number of amides is 2. The van der Waals surface area contributed by atoms with Gasteiger partial charge in [-0.15, -0.1) is 0 Å². The lowest BCUT2D eigenvalue weighted by Crippen LogP contribution is -2.42. The standard InChI is InChI=1S/C28H34ClFN4O/c1-19(2)33-17-16-32(28(33)35)15-14-31-12-10-23(11-13-31)34-25-9-4-20(3)18-24(25)26(27(34)29)21-5-7-22(30)8-6-21/h4-9,18-19,23H,10-17H2,1-3H3. The average Bonchev–Trinajstić information content (AvgIpc) is 3.35. The highest BCUT2D eigenvalue weighted by atomic mass is 35.5. The Labute approximate surface area is 212 Å². The van der Waals surface area contributed by atoms with Crippen LogP contribution in [0.3, 0.4) is 0 Å². The molecule has 0 radical (unpaired) electrons. The summed E-state index contributed by atoms with van der Waals surface area (Å²) in [4.78, 5) is 19.0.